The number of halogens is 1. The van der Waals surface area contributed by atoms with Gasteiger partial charge in [0, 0.05) is 7.05 Å². The first kappa shape index (κ1) is 22.3. The van der Waals surface area contributed by atoms with Gasteiger partial charge in [0.05, 0.1) is 32.6 Å². The lowest BCUT2D eigenvalue weighted by Crippen LogP contribution is -2.28. The Labute approximate surface area is 197 Å². The van der Waals surface area contributed by atoms with Crippen LogP contribution in [0.5, 0.6) is 0 Å². The molecule has 0 spiro atoms. The van der Waals surface area contributed by atoms with Crippen molar-refractivity contribution >= 4 is 61.9 Å². The number of hydrogen-bond acceptors (Lipinski definition) is 7. The molecule has 8 nitrogen and oxygen atoms in total. The van der Waals surface area contributed by atoms with Crippen LogP contribution in [0.4, 0.5) is 5.13 Å². The lowest BCUT2D eigenvalue weighted by molar-refractivity contribution is -0.113. The fourth-order valence-corrected chi connectivity index (χ4v) is 4.85. The highest BCUT2D eigenvalue weighted by Crippen LogP contribution is 2.26. The van der Waals surface area contributed by atoms with E-state index in [4.69, 9.17) is 11.6 Å². The average molecular weight is 487 g/mol. The maximum atomic E-state index is 12.5. The van der Waals surface area contributed by atoms with Gasteiger partial charge in [0.25, 0.3) is 5.91 Å². The minimum Gasteiger partial charge on any atom is -0.342 e. The zero-order chi connectivity index (χ0) is 22.7. The molecular weight excluding hydrogens is 468 g/mol. The van der Waals surface area contributed by atoms with E-state index < -0.39 is 6.04 Å². The molecule has 0 saturated carbocycles. The molecule has 0 radical (unpaired) electrons. The molecule has 0 aliphatic carbocycles. The van der Waals surface area contributed by atoms with Crippen molar-refractivity contribution in [2.24, 2.45) is 7.05 Å². The predicted octanol–water partition coefficient (Wildman–Crippen LogP) is 4.30. The van der Waals surface area contributed by atoms with Gasteiger partial charge in [-0.25, -0.2) is 4.98 Å². The van der Waals surface area contributed by atoms with Crippen molar-refractivity contribution in [1.29, 1.82) is 0 Å². The monoisotopic (exact) mass is 486 g/mol. The second kappa shape index (κ2) is 9.68. The molecule has 2 N–H and O–H groups in total. The van der Waals surface area contributed by atoms with Gasteiger partial charge in [0.1, 0.15) is 0 Å². The Balaban J connectivity index is 1.35. The zero-order valence-corrected chi connectivity index (χ0v) is 19.6. The molecule has 0 fully saturated rings. The smallest absolute Gasteiger partial charge is 0.253 e. The molecule has 164 valence electrons. The Morgan fingerprint density at radius 3 is 2.69 bits per heavy atom. The lowest BCUT2D eigenvalue weighted by Gasteiger charge is -2.14. The summed E-state index contributed by atoms with van der Waals surface area (Å²) < 4.78 is 2.77. The Morgan fingerprint density at radius 2 is 1.91 bits per heavy atom. The summed E-state index contributed by atoms with van der Waals surface area (Å²) in [5, 5.41) is 15.5. The van der Waals surface area contributed by atoms with Gasteiger partial charge in [0.2, 0.25) is 5.91 Å². The number of carbonyl (C=O) groups is 2. The van der Waals surface area contributed by atoms with Gasteiger partial charge >= 0.3 is 0 Å². The number of fused-ring (bicyclic) bond motifs is 1. The van der Waals surface area contributed by atoms with Crippen molar-refractivity contribution in [2.75, 3.05) is 11.1 Å². The largest absolute Gasteiger partial charge is 0.342 e. The number of anilines is 1. The van der Waals surface area contributed by atoms with Crippen LogP contribution in [0.25, 0.3) is 10.2 Å². The van der Waals surface area contributed by atoms with Gasteiger partial charge < -0.3 is 15.2 Å². The Morgan fingerprint density at radius 1 is 1.16 bits per heavy atom. The summed E-state index contributed by atoms with van der Waals surface area (Å²) in [6.45, 7) is 1.81. The Kier molecular flexibility index (Phi) is 6.73. The van der Waals surface area contributed by atoms with Gasteiger partial charge in [-0.15, -0.1) is 10.2 Å². The fraction of sp³-hybridized carbons (Fsp3) is 0.190. The number of thiazole rings is 1. The molecule has 0 bridgehead atoms. The minimum atomic E-state index is -0.401. The first-order valence-electron chi connectivity index (χ1n) is 9.65. The first-order chi connectivity index (χ1) is 15.4. The summed E-state index contributed by atoms with van der Waals surface area (Å²) in [4.78, 5) is 29.3. The van der Waals surface area contributed by atoms with Gasteiger partial charge in [-0.3, -0.25) is 9.59 Å². The predicted molar refractivity (Wildman–Crippen MR) is 127 cm³/mol. The topological polar surface area (TPSA) is 102 Å². The van der Waals surface area contributed by atoms with Crippen LogP contribution in [-0.2, 0) is 11.8 Å². The minimum absolute atomic E-state index is 0.155. The summed E-state index contributed by atoms with van der Waals surface area (Å²) in [6.07, 6.45) is 0. The zero-order valence-electron chi connectivity index (χ0n) is 17.2. The second-order valence-corrected chi connectivity index (χ2v) is 9.28. The van der Waals surface area contributed by atoms with E-state index in [9.17, 15) is 9.59 Å². The van der Waals surface area contributed by atoms with Crippen molar-refractivity contribution in [3.05, 3.63) is 64.9 Å². The van der Waals surface area contributed by atoms with Gasteiger partial charge in [-0.1, -0.05) is 59.0 Å². The molecule has 11 heteroatoms. The number of nitrogens with one attached hydrogen (secondary N) is 2. The molecule has 4 rings (SSSR count). The number of thioether (sulfide) groups is 1. The molecule has 0 unspecified atom stereocenters. The number of rotatable bonds is 7. The van der Waals surface area contributed by atoms with E-state index >= 15 is 0 Å². The highest BCUT2D eigenvalue weighted by molar-refractivity contribution is 7.99. The quantitative estimate of drug-likeness (QED) is 0.377. The van der Waals surface area contributed by atoms with Crippen LogP contribution in [0.3, 0.4) is 0 Å². The van der Waals surface area contributed by atoms with Crippen molar-refractivity contribution in [3.63, 3.8) is 0 Å². The van der Waals surface area contributed by atoms with Crippen molar-refractivity contribution < 1.29 is 9.59 Å². The van der Waals surface area contributed by atoms with E-state index in [0.29, 0.717) is 26.7 Å². The van der Waals surface area contributed by atoms with Crippen LogP contribution < -0.4 is 10.6 Å². The number of hydrogen-bond donors (Lipinski definition) is 2. The van der Waals surface area contributed by atoms with E-state index in [2.05, 4.69) is 25.8 Å². The second-order valence-electron chi connectivity index (χ2n) is 6.90. The molecule has 1 atom stereocenters. The fourth-order valence-electron chi connectivity index (χ4n) is 3.02. The third-order valence-corrected chi connectivity index (χ3v) is 6.90. The standard InChI is InChI=1S/C21H19ClN6O2S2/c1-12(23-19(30)13-7-3-4-8-14(13)22)18-26-27-21(28(18)2)31-11-17(29)25-20-24-15-9-5-6-10-16(15)32-20/h3-10,12H,11H2,1-2H3,(H,23,30)(H,24,25,29)/t12-/m1/s1. The van der Waals surface area contributed by atoms with Crippen LogP contribution in [0, 0.1) is 0 Å². The number of amides is 2. The molecule has 2 aromatic heterocycles. The summed E-state index contributed by atoms with van der Waals surface area (Å²) in [7, 11) is 1.79. The van der Waals surface area contributed by atoms with Crippen molar-refractivity contribution in [2.45, 2.75) is 18.1 Å². The third kappa shape index (κ3) is 4.93. The van der Waals surface area contributed by atoms with Gasteiger partial charge in [-0.2, -0.15) is 0 Å². The lowest BCUT2D eigenvalue weighted by atomic mass is 10.2. The molecule has 2 aromatic carbocycles. The SMILES string of the molecule is C[C@@H](NC(=O)c1ccccc1Cl)c1nnc(SCC(=O)Nc2nc3ccccc3s2)n1C. The van der Waals surface area contributed by atoms with E-state index in [-0.39, 0.29) is 17.6 Å². The highest BCUT2D eigenvalue weighted by atomic mass is 35.5. The summed E-state index contributed by atoms with van der Waals surface area (Å²) in [5.74, 6) is 0.246. The van der Waals surface area contributed by atoms with Gasteiger partial charge in [-0.05, 0) is 31.2 Å². The van der Waals surface area contributed by atoms with Crippen LogP contribution in [0.2, 0.25) is 5.02 Å². The Hall–Kier alpha value is -2.95. The van der Waals surface area contributed by atoms with Crippen LogP contribution >= 0.6 is 34.7 Å². The maximum absolute atomic E-state index is 12.5. The summed E-state index contributed by atoms with van der Waals surface area (Å²) in [6, 6.07) is 14.2. The molecule has 2 heterocycles. The van der Waals surface area contributed by atoms with E-state index in [1.807, 2.05) is 31.2 Å². The molecule has 0 saturated heterocycles. The van der Waals surface area contributed by atoms with Crippen molar-refractivity contribution in [3.8, 4) is 0 Å². The molecule has 2 amide bonds. The van der Waals surface area contributed by atoms with Gasteiger partial charge in [0.15, 0.2) is 16.1 Å². The molecule has 0 aliphatic heterocycles. The van der Waals surface area contributed by atoms with Crippen molar-refractivity contribution in [1.82, 2.24) is 25.1 Å². The Bertz CT molecular complexity index is 1260. The van der Waals surface area contributed by atoms with Crippen LogP contribution in [0.1, 0.15) is 29.1 Å². The number of nitrogens with zero attached hydrogens (tertiary/aromatic N) is 4. The van der Waals surface area contributed by atoms with E-state index in [1.54, 1.807) is 35.9 Å². The van der Waals surface area contributed by atoms with E-state index in [0.717, 1.165) is 10.2 Å². The van der Waals surface area contributed by atoms with Crippen LogP contribution in [0.15, 0.2) is 53.7 Å². The number of benzene rings is 2. The normalized spacial score (nSPS) is 12.0. The number of carbonyl (C=O) groups excluding carboxylic acids is 2. The summed E-state index contributed by atoms with van der Waals surface area (Å²) in [5.41, 5.74) is 1.25. The maximum Gasteiger partial charge on any atom is 0.253 e. The molecular formula is C21H19ClN6O2S2. The number of aromatic nitrogens is 4. The van der Waals surface area contributed by atoms with E-state index in [1.165, 1.54) is 23.1 Å². The van der Waals surface area contributed by atoms with Crippen LogP contribution in [-0.4, -0.2) is 37.3 Å². The highest BCUT2D eigenvalue weighted by Gasteiger charge is 2.20. The molecule has 0 aliphatic rings. The third-order valence-electron chi connectivity index (χ3n) is 4.59. The first-order valence-corrected chi connectivity index (χ1v) is 11.8. The average Bonchev–Trinajstić information content (AvgIpc) is 3.34. The summed E-state index contributed by atoms with van der Waals surface area (Å²) >= 11 is 8.78. The molecule has 4 aromatic rings. The number of para-hydroxylation sites is 1. The molecule has 32 heavy (non-hydrogen) atoms.